The molecule has 0 radical (unpaired) electrons. The largest absolute Gasteiger partial charge is 0.497 e. The number of methoxy groups -OCH3 is 2. The number of anilines is 1. The molecule has 0 aliphatic heterocycles. The van der Waals surface area contributed by atoms with E-state index < -0.39 is 5.60 Å². The van der Waals surface area contributed by atoms with Crippen molar-refractivity contribution in [1.82, 2.24) is 9.61 Å². The number of benzene rings is 1. The molecule has 2 heterocycles. The van der Waals surface area contributed by atoms with Crippen molar-refractivity contribution in [2.75, 3.05) is 25.7 Å². The van der Waals surface area contributed by atoms with E-state index in [1.165, 1.54) is 0 Å². The van der Waals surface area contributed by atoms with Gasteiger partial charge < -0.3 is 18.6 Å². The van der Waals surface area contributed by atoms with E-state index in [9.17, 15) is 4.79 Å². The molecule has 172 valence electrons. The topological polar surface area (TPSA) is 78.4 Å². The molecule has 0 bridgehead atoms. The van der Waals surface area contributed by atoms with Crippen LogP contribution in [0.15, 0.2) is 28.9 Å². The van der Waals surface area contributed by atoms with Crippen molar-refractivity contribution in [2.24, 2.45) is 5.92 Å². The van der Waals surface area contributed by atoms with Crippen LogP contribution in [0.3, 0.4) is 0 Å². The molecule has 3 aromatic rings. The summed E-state index contributed by atoms with van der Waals surface area (Å²) < 4.78 is 24.4. The van der Waals surface area contributed by atoms with Crippen LogP contribution < -0.4 is 14.4 Å². The molecule has 1 fully saturated rings. The van der Waals surface area contributed by atoms with Gasteiger partial charge in [0.2, 0.25) is 5.71 Å². The summed E-state index contributed by atoms with van der Waals surface area (Å²) in [5.41, 5.74) is 2.92. The van der Waals surface area contributed by atoms with Crippen LogP contribution in [-0.2, 0) is 11.2 Å². The number of aryl methyl sites for hydroxylation is 1. The van der Waals surface area contributed by atoms with Gasteiger partial charge in [0.25, 0.3) is 0 Å². The fourth-order valence-corrected chi connectivity index (χ4v) is 3.70. The van der Waals surface area contributed by atoms with E-state index in [0.29, 0.717) is 41.8 Å². The van der Waals surface area contributed by atoms with Crippen molar-refractivity contribution in [3.63, 3.8) is 0 Å². The molecule has 0 unspecified atom stereocenters. The van der Waals surface area contributed by atoms with Crippen molar-refractivity contribution in [3.05, 3.63) is 30.2 Å². The smallest absolute Gasteiger partial charge is 0.415 e. The maximum Gasteiger partial charge on any atom is 0.415 e. The van der Waals surface area contributed by atoms with Crippen LogP contribution in [0.25, 0.3) is 17.0 Å². The predicted octanol–water partition coefficient (Wildman–Crippen LogP) is 5.33. The highest BCUT2D eigenvalue weighted by atomic mass is 16.6. The lowest BCUT2D eigenvalue weighted by atomic mass is 10.1. The SMILES string of the molecule is CCc1nn2c(-c3ccc(OC)cc3OC)coc2c1N(CC1CC1)C(=O)OC(C)(C)C. The molecule has 0 spiro atoms. The minimum Gasteiger partial charge on any atom is -0.497 e. The number of hydrogen-bond donors (Lipinski definition) is 0. The van der Waals surface area contributed by atoms with Gasteiger partial charge in [-0.3, -0.25) is 4.90 Å². The highest BCUT2D eigenvalue weighted by molar-refractivity contribution is 5.94. The molecule has 1 aliphatic carbocycles. The zero-order chi connectivity index (χ0) is 23.0. The minimum atomic E-state index is -0.595. The summed E-state index contributed by atoms with van der Waals surface area (Å²) in [6.45, 7) is 8.22. The first kappa shape index (κ1) is 22.0. The standard InChI is InChI=1S/C24H31N3O5/c1-7-18-21(26(13-15-8-9-15)23(28)32-24(2,3)4)22-27(25-18)19(14-31-22)17-11-10-16(29-5)12-20(17)30-6/h10-12,14-15H,7-9,13H2,1-6H3. The van der Waals surface area contributed by atoms with Gasteiger partial charge >= 0.3 is 6.09 Å². The lowest BCUT2D eigenvalue weighted by Gasteiger charge is -2.27. The summed E-state index contributed by atoms with van der Waals surface area (Å²) in [4.78, 5) is 14.9. The first-order chi connectivity index (χ1) is 15.3. The minimum absolute atomic E-state index is 0.381. The van der Waals surface area contributed by atoms with Gasteiger partial charge in [0.05, 0.1) is 19.9 Å². The second-order valence-electron chi connectivity index (χ2n) is 9.09. The van der Waals surface area contributed by atoms with E-state index in [0.717, 1.165) is 29.8 Å². The van der Waals surface area contributed by atoms with Crippen molar-refractivity contribution < 1.29 is 23.4 Å². The molecular weight excluding hydrogens is 410 g/mol. The Morgan fingerprint density at radius 1 is 1.25 bits per heavy atom. The van der Waals surface area contributed by atoms with E-state index >= 15 is 0 Å². The molecule has 2 aromatic heterocycles. The number of hydrogen-bond acceptors (Lipinski definition) is 6. The van der Waals surface area contributed by atoms with Gasteiger partial charge in [0.1, 0.15) is 34.7 Å². The first-order valence-corrected chi connectivity index (χ1v) is 11.0. The number of aromatic nitrogens is 2. The third kappa shape index (κ3) is 4.26. The quantitative estimate of drug-likeness (QED) is 0.493. The summed E-state index contributed by atoms with van der Waals surface area (Å²) >= 11 is 0. The third-order valence-electron chi connectivity index (χ3n) is 5.44. The Hall–Kier alpha value is -3.16. The average molecular weight is 442 g/mol. The van der Waals surface area contributed by atoms with Gasteiger partial charge in [-0.15, -0.1) is 0 Å². The van der Waals surface area contributed by atoms with E-state index in [2.05, 4.69) is 0 Å². The third-order valence-corrected chi connectivity index (χ3v) is 5.44. The Balaban J connectivity index is 1.82. The van der Waals surface area contributed by atoms with Crippen LogP contribution in [0.4, 0.5) is 10.5 Å². The highest BCUT2D eigenvalue weighted by Gasteiger charge is 2.35. The number of ether oxygens (including phenoxy) is 3. The zero-order valence-electron chi connectivity index (χ0n) is 19.6. The van der Waals surface area contributed by atoms with Crippen LogP contribution in [0, 0.1) is 5.92 Å². The van der Waals surface area contributed by atoms with Gasteiger partial charge in [-0.05, 0) is 58.1 Å². The molecule has 0 N–H and O–H groups in total. The summed E-state index contributed by atoms with van der Waals surface area (Å²) in [7, 11) is 3.23. The molecule has 0 atom stereocenters. The van der Waals surface area contributed by atoms with Gasteiger partial charge in [-0.25, -0.2) is 4.79 Å². The lowest BCUT2D eigenvalue weighted by Crippen LogP contribution is -2.38. The Morgan fingerprint density at radius 3 is 2.59 bits per heavy atom. The molecular formula is C24H31N3O5. The maximum absolute atomic E-state index is 13.2. The lowest BCUT2D eigenvalue weighted by molar-refractivity contribution is 0.0578. The number of rotatable bonds is 7. The zero-order valence-corrected chi connectivity index (χ0v) is 19.6. The molecule has 0 saturated heterocycles. The van der Waals surface area contributed by atoms with Crippen molar-refractivity contribution in [2.45, 2.75) is 52.6 Å². The van der Waals surface area contributed by atoms with Crippen LogP contribution >= 0.6 is 0 Å². The highest BCUT2D eigenvalue weighted by Crippen LogP contribution is 2.39. The second-order valence-corrected chi connectivity index (χ2v) is 9.09. The summed E-state index contributed by atoms with van der Waals surface area (Å²) in [5.74, 6) is 1.81. The molecule has 8 heteroatoms. The maximum atomic E-state index is 13.2. The fraction of sp³-hybridized carbons (Fsp3) is 0.500. The predicted molar refractivity (Wildman–Crippen MR) is 122 cm³/mol. The number of fused-ring (bicyclic) bond motifs is 1. The number of nitrogens with zero attached hydrogens (tertiary/aromatic N) is 3. The summed E-state index contributed by atoms with van der Waals surface area (Å²) in [6, 6.07) is 5.59. The van der Waals surface area contributed by atoms with Crippen LogP contribution in [-0.4, -0.2) is 42.1 Å². The van der Waals surface area contributed by atoms with E-state index in [1.807, 2.05) is 45.9 Å². The second kappa shape index (κ2) is 8.41. The summed E-state index contributed by atoms with van der Waals surface area (Å²) in [5, 5.41) is 4.80. The van der Waals surface area contributed by atoms with E-state index in [-0.39, 0.29) is 6.09 Å². The fourth-order valence-electron chi connectivity index (χ4n) is 3.70. The van der Waals surface area contributed by atoms with Crippen molar-refractivity contribution in [3.8, 4) is 22.8 Å². The number of carbonyl (C=O) groups is 1. The Bertz CT molecular complexity index is 1120. The first-order valence-electron chi connectivity index (χ1n) is 11.0. The molecule has 4 rings (SSSR count). The van der Waals surface area contributed by atoms with Gasteiger partial charge in [0.15, 0.2) is 0 Å². The Morgan fingerprint density at radius 2 is 2.00 bits per heavy atom. The van der Waals surface area contributed by atoms with Gasteiger partial charge in [0, 0.05) is 18.2 Å². The number of amides is 1. The Kier molecular flexibility index (Phi) is 5.79. The molecule has 1 amide bonds. The molecule has 8 nitrogen and oxygen atoms in total. The molecule has 1 aromatic carbocycles. The van der Waals surface area contributed by atoms with E-state index in [1.54, 1.807) is 29.9 Å². The number of carbonyl (C=O) groups excluding carboxylic acids is 1. The van der Waals surface area contributed by atoms with E-state index in [4.69, 9.17) is 23.7 Å². The van der Waals surface area contributed by atoms with Crippen molar-refractivity contribution >= 4 is 17.5 Å². The normalized spacial score (nSPS) is 13.9. The van der Waals surface area contributed by atoms with Crippen LogP contribution in [0.2, 0.25) is 0 Å². The average Bonchev–Trinajstić information content (AvgIpc) is 3.37. The van der Waals surface area contributed by atoms with Gasteiger partial charge in [-0.2, -0.15) is 9.61 Å². The van der Waals surface area contributed by atoms with Crippen LogP contribution in [0.1, 0.15) is 46.2 Å². The molecule has 1 saturated carbocycles. The summed E-state index contributed by atoms with van der Waals surface area (Å²) in [6.07, 6.45) is 4.12. The van der Waals surface area contributed by atoms with Gasteiger partial charge in [-0.1, -0.05) is 6.92 Å². The Labute approximate surface area is 188 Å². The molecule has 32 heavy (non-hydrogen) atoms. The molecule has 1 aliphatic rings. The monoisotopic (exact) mass is 441 g/mol. The van der Waals surface area contributed by atoms with Crippen molar-refractivity contribution in [1.29, 1.82) is 0 Å². The van der Waals surface area contributed by atoms with Crippen LogP contribution in [0.5, 0.6) is 11.5 Å². The number of oxazole rings is 1.